The average Bonchev–Trinajstić information content (AvgIpc) is 2.68. The summed E-state index contributed by atoms with van der Waals surface area (Å²) in [5.41, 5.74) is 5.65. The second-order valence-electron chi connectivity index (χ2n) is 4.37. The number of benzene rings is 1. The van der Waals surface area contributed by atoms with Gasteiger partial charge >= 0.3 is 0 Å². The highest BCUT2D eigenvalue weighted by atomic mass is 79.9. The van der Waals surface area contributed by atoms with Crippen LogP contribution in [0.4, 0.5) is 5.82 Å². The van der Waals surface area contributed by atoms with Gasteiger partial charge in [-0.3, -0.25) is 24.3 Å². The minimum atomic E-state index is -0.633. The van der Waals surface area contributed by atoms with E-state index in [4.69, 9.17) is 17.3 Å². The molecule has 0 atom stereocenters. The van der Waals surface area contributed by atoms with Gasteiger partial charge in [-0.15, -0.1) is 0 Å². The molecule has 0 radical (unpaired) electrons. The van der Waals surface area contributed by atoms with E-state index < -0.39 is 17.4 Å². The summed E-state index contributed by atoms with van der Waals surface area (Å²) >= 11 is 9.37. The number of carbonyl (C=O) groups is 2. The lowest BCUT2D eigenvalue weighted by Gasteiger charge is -2.13. The van der Waals surface area contributed by atoms with E-state index >= 15 is 0 Å². The maximum atomic E-state index is 12.2. The Morgan fingerprint density at radius 2 is 1.86 bits per heavy atom. The Bertz CT molecular complexity index is 876. The van der Waals surface area contributed by atoms with Gasteiger partial charge in [0.2, 0.25) is 0 Å². The molecule has 8 heteroatoms. The summed E-state index contributed by atoms with van der Waals surface area (Å²) in [6.45, 7) is 0. The first kappa shape index (κ1) is 13.8. The number of halogens is 2. The van der Waals surface area contributed by atoms with Gasteiger partial charge < -0.3 is 5.73 Å². The molecule has 0 aliphatic carbocycles. The van der Waals surface area contributed by atoms with Crippen molar-refractivity contribution >= 4 is 45.2 Å². The number of hydrogen-bond acceptors (Lipinski definition) is 4. The Labute approximate surface area is 131 Å². The number of aromatic nitrogens is 1. The lowest BCUT2D eigenvalue weighted by atomic mass is 10.1. The van der Waals surface area contributed by atoms with Gasteiger partial charge in [-0.1, -0.05) is 27.5 Å². The smallest absolute Gasteiger partial charge is 0.262 e. The van der Waals surface area contributed by atoms with Crippen molar-refractivity contribution in [3.8, 4) is 5.69 Å². The number of rotatable bonds is 1. The Morgan fingerprint density at radius 1 is 1.14 bits per heavy atom. The first-order valence-electron chi connectivity index (χ1n) is 5.77. The predicted molar refractivity (Wildman–Crippen MR) is 81.0 cm³/mol. The number of anilines is 1. The lowest BCUT2D eigenvalue weighted by molar-refractivity contribution is 0.0880. The molecule has 1 aliphatic rings. The van der Waals surface area contributed by atoms with Crippen LogP contribution in [0.25, 0.3) is 5.69 Å². The molecule has 1 aromatic carbocycles. The molecule has 0 spiro atoms. The van der Waals surface area contributed by atoms with Crippen molar-refractivity contribution < 1.29 is 9.59 Å². The van der Waals surface area contributed by atoms with Crippen molar-refractivity contribution in [2.45, 2.75) is 0 Å². The van der Waals surface area contributed by atoms with Crippen molar-refractivity contribution in [1.29, 1.82) is 0 Å². The summed E-state index contributed by atoms with van der Waals surface area (Å²) in [4.78, 5) is 35.6. The van der Waals surface area contributed by atoms with Crippen LogP contribution < -0.4 is 16.6 Å². The zero-order valence-electron chi connectivity index (χ0n) is 10.3. The van der Waals surface area contributed by atoms with E-state index in [1.165, 1.54) is 0 Å². The molecular weight excluding hydrogens is 362 g/mol. The van der Waals surface area contributed by atoms with Crippen LogP contribution in [-0.4, -0.2) is 16.4 Å². The molecule has 1 aromatic heterocycles. The number of pyridine rings is 1. The predicted octanol–water partition coefficient (Wildman–Crippen LogP) is 1.72. The fraction of sp³-hybridized carbons (Fsp3) is 0. The van der Waals surface area contributed by atoms with E-state index in [2.05, 4.69) is 21.2 Å². The number of imide groups is 1. The van der Waals surface area contributed by atoms with Gasteiger partial charge in [0.15, 0.2) is 0 Å². The first-order chi connectivity index (χ1) is 9.90. The number of nitrogens with one attached hydrogen (secondary N) is 1. The highest BCUT2D eigenvalue weighted by molar-refractivity contribution is 9.10. The first-order valence-corrected chi connectivity index (χ1v) is 6.94. The van der Waals surface area contributed by atoms with Crippen molar-refractivity contribution in [1.82, 2.24) is 9.88 Å². The second-order valence-corrected chi connectivity index (χ2v) is 5.69. The van der Waals surface area contributed by atoms with Gasteiger partial charge in [0, 0.05) is 10.5 Å². The Kier molecular flexibility index (Phi) is 3.11. The number of carbonyl (C=O) groups excluding carboxylic acids is 2. The minimum absolute atomic E-state index is 0.0179. The normalized spacial score (nSPS) is 13.2. The quantitative estimate of drug-likeness (QED) is 0.749. The van der Waals surface area contributed by atoms with Crippen LogP contribution >= 0.6 is 27.5 Å². The van der Waals surface area contributed by atoms with E-state index in [1.807, 2.05) is 0 Å². The van der Waals surface area contributed by atoms with Crippen LogP contribution in [0.1, 0.15) is 20.7 Å². The molecule has 0 bridgehead atoms. The SMILES string of the molecule is Nc1c2c(cc(=O)n1-c1cc(Br)ccc1Cl)C(=O)NC2=O. The number of hydrogen-bond donors (Lipinski definition) is 2. The Hall–Kier alpha value is -2.12. The van der Waals surface area contributed by atoms with Crippen LogP contribution in [0.5, 0.6) is 0 Å². The summed E-state index contributed by atoms with van der Waals surface area (Å²) < 4.78 is 1.79. The summed E-state index contributed by atoms with van der Waals surface area (Å²) in [6.07, 6.45) is 0. The Morgan fingerprint density at radius 3 is 2.57 bits per heavy atom. The van der Waals surface area contributed by atoms with Gasteiger partial charge in [0.25, 0.3) is 17.4 Å². The topological polar surface area (TPSA) is 94.2 Å². The fourth-order valence-corrected chi connectivity index (χ4v) is 2.74. The highest BCUT2D eigenvalue weighted by Crippen LogP contribution is 2.28. The third-order valence-electron chi connectivity index (χ3n) is 3.10. The molecule has 106 valence electrons. The Balaban J connectivity index is 2.38. The minimum Gasteiger partial charge on any atom is -0.384 e. The van der Waals surface area contributed by atoms with E-state index in [-0.39, 0.29) is 22.0 Å². The summed E-state index contributed by atoms with van der Waals surface area (Å²) in [5, 5.41) is 2.39. The van der Waals surface area contributed by atoms with Crippen molar-refractivity contribution in [3.05, 3.63) is 55.2 Å². The van der Waals surface area contributed by atoms with Crippen LogP contribution in [0.15, 0.2) is 33.5 Å². The highest BCUT2D eigenvalue weighted by Gasteiger charge is 2.32. The molecule has 2 heterocycles. The lowest BCUT2D eigenvalue weighted by Crippen LogP contribution is -2.24. The molecule has 2 amide bonds. The molecule has 0 saturated carbocycles. The van der Waals surface area contributed by atoms with Crippen LogP contribution in [0.3, 0.4) is 0 Å². The molecule has 0 unspecified atom stereocenters. The van der Waals surface area contributed by atoms with E-state index in [9.17, 15) is 14.4 Å². The number of nitrogens with two attached hydrogens (primary N) is 1. The number of nitrogens with zero attached hydrogens (tertiary/aromatic N) is 1. The molecule has 2 aromatic rings. The van der Waals surface area contributed by atoms with Crippen molar-refractivity contribution in [3.63, 3.8) is 0 Å². The van der Waals surface area contributed by atoms with Crippen LogP contribution in [-0.2, 0) is 0 Å². The third-order valence-corrected chi connectivity index (χ3v) is 3.92. The number of fused-ring (bicyclic) bond motifs is 1. The third kappa shape index (κ3) is 2.05. The zero-order valence-corrected chi connectivity index (χ0v) is 12.7. The molecule has 0 saturated heterocycles. The van der Waals surface area contributed by atoms with Gasteiger partial charge in [0.1, 0.15) is 5.82 Å². The molecule has 1 aliphatic heterocycles. The summed E-state index contributed by atoms with van der Waals surface area (Å²) in [6, 6.07) is 5.96. The van der Waals surface area contributed by atoms with Gasteiger partial charge in [0.05, 0.1) is 21.8 Å². The summed E-state index contributed by atoms with van der Waals surface area (Å²) in [5.74, 6) is -1.39. The van der Waals surface area contributed by atoms with Crippen LogP contribution in [0.2, 0.25) is 5.02 Å². The van der Waals surface area contributed by atoms with E-state index in [0.717, 1.165) is 10.6 Å². The average molecular weight is 369 g/mol. The number of amides is 2. The molecule has 3 rings (SSSR count). The largest absolute Gasteiger partial charge is 0.384 e. The molecule has 3 N–H and O–H groups in total. The summed E-state index contributed by atoms with van der Waals surface area (Å²) in [7, 11) is 0. The fourth-order valence-electron chi connectivity index (χ4n) is 2.19. The molecule has 0 fully saturated rings. The maximum Gasteiger partial charge on any atom is 0.262 e. The monoisotopic (exact) mass is 367 g/mol. The van der Waals surface area contributed by atoms with Crippen LogP contribution in [0, 0.1) is 0 Å². The zero-order chi connectivity index (χ0) is 15.3. The van der Waals surface area contributed by atoms with Crippen molar-refractivity contribution in [2.24, 2.45) is 0 Å². The van der Waals surface area contributed by atoms with E-state index in [1.54, 1.807) is 18.2 Å². The van der Waals surface area contributed by atoms with Crippen molar-refractivity contribution in [2.75, 3.05) is 5.73 Å². The standard InChI is InChI=1S/C13H7BrClN3O3/c14-5-1-2-7(15)8(3-5)18-9(19)4-6-10(11(18)16)13(21)17-12(6)20/h1-4H,16H2,(H,17,20,21). The van der Waals surface area contributed by atoms with E-state index in [0.29, 0.717) is 10.2 Å². The molecule has 6 nitrogen and oxygen atoms in total. The molecule has 21 heavy (non-hydrogen) atoms. The van der Waals surface area contributed by atoms with Gasteiger partial charge in [-0.25, -0.2) is 0 Å². The number of nitrogen functional groups attached to an aromatic ring is 1. The van der Waals surface area contributed by atoms with Gasteiger partial charge in [-0.2, -0.15) is 0 Å². The second kappa shape index (κ2) is 4.71. The van der Waals surface area contributed by atoms with Gasteiger partial charge in [-0.05, 0) is 18.2 Å². The maximum absolute atomic E-state index is 12.2. The molecular formula is C13H7BrClN3O3.